The Balaban J connectivity index is 1.70. The molecule has 88 valence electrons. The quantitative estimate of drug-likeness (QED) is 0.769. The number of hydrogen-bond donors (Lipinski definition) is 2. The molecule has 0 amide bonds. The summed E-state index contributed by atoms with van der Waals surface area (Å²) in [4.78, 5) is 10.8. The highest BCUT2D eigenvalue weighted by atomic mass is 16.4. The molecule has 2 rings (SSSR count). The van der Waals surface area contributed by atoms with Crippen LogP contribution in [0.3, 0.4) is 0 Å². The number of hydrogen-bond acceptors (Lipinski definition) is 3. The first kappa shape index (κ1) is 11.1. The van der Waals surface area contributed by atoms with E-state index in [4.69, 9.17) is 5.11 Å². The molecular formula is C11H17N3O2. The van der Waals surface area contributed by atoms with Gasteiger partial charge >= 0.3 is 5.97 Å². The molecule has 1 aromatic rings. The van der Waals surface area contributed by atoms with Gasteiger partial charge in [-0.3, -0.25) is 9.48 Å². The average molecular weight is 223 g/mol. The maximum Gasteiger partial charge on any atom is 0.308 e. The first-order chi connectivity index (χ1) is 7.66. The van der Waals surface area contributed by atoms with Gasteiger partial charge in [0, 0.05) is 18.8 Å². The van der Waals surface area contributed by atoms with Gasteiger partial charge in [-0.1, -0.05) is 0 Å². The third-order valence-corrected chi connectivity index (χ3v) is 3.10. The predicted octanol–water partition coefficient (Wildman–Crippen LogP) is 0.644. The van der Waals surface area contributed by atoms with Crippen molar-refractivity contribution in [1.82, 2.24) is 15.1 Å². The molecule has 5 nitrogen and oxygen atoms in total. The zero-order valence-corrected chi connectivity index (χ0v) is 9.39. The zero-order valence-electron chi connectivity index (χ0n) is 9.39. The van der Waals surface area contributed by atoms with Crippen LogP contribution >= 0.6 is 0 Å². The minimum Gasteiger partial charge on any atom is -0.481 e. The maximum absolute atomic E-state index is 10.8. The van der Waals surface area contributed by atoms with Crippen LogP contribution in [0.5, 0.6) is 0 Å². The minimum atomic E-state index is -0.682. The van der Waals surface area contributed by atoms with Crippen LogP contribution in [-0.2, 0) is 11.3 Å². The van der Waals surface area contributed by atoms with Crippen molar-refractivity contribution >= 4 is 5.97 Å². The van der Waals surface area contributed by atoms with Crippen molar-refractivity contribution in [3.05, 3.63) is 18.0 Å². The molecule has 0 saturated heterocycles. The van der Waals surface area contributed by atoms with Gasteiger partial charge in [0.1, 0.15) is 0 Å². The Morgan fingerprint density at radius 3 is 3.00 bits per heavy atom. The third kappa shape index (κ3) is 2.41. The third-order valence-electron chi connectivity index (χ3n) is 3.10. The number of aryl methyl sites for hydroxylation is 1. The van der Waals surface area contributed by atoms with E-state index in [-0.39, 0.29) is 12.0 Å². The average Bonchev–Trinajstić information content (AvgIpc) is 2.56. The lowest BCUT2D eigenvalue weighted by Gasteiger charge is -2.34. The van der Waals surface area contributed by atoms with Gasteiger partial charge in [0.05, 0.1) is 18.7 Å². The van der Waals surface area contributed by atoms with Crippen molar-refractivity contribution in [3.8, 4) is 0 Å². The fraction of sp³-hybridized carbons (Fsp3) is 0.636. The smallest absolute Gasteiger partial charge is 0.308 e. The van der Waals surface area contributed by atoms with Crippen molar-refractivity contribution in [1.29, 1.82) is 0 Å². The van der Waals surface area contributed by atoms with Gasteiger partial charge in [-0.15, -0.1) is 0 Å². The Bertz CT molecular complexity index is 375. The Hall–Kier alpha value is -1.36. The molecule has 16 heavy (non-hydrogen) atoms. The first-order valence-corrected chi connectivity index (χ1v) is 5.62. The number of aromatic nitrogens is 2. The lowest BCUT2D eigenvalue weighted by Crippen LogP contribution is -2.48. The largest absolute Gasteiger partial charge is 0.481 e. The molecule has 0 aliphatic heterocycles. The molecule has 1 aromatic heterocycles. The van der Waals surface area contributed by atoms with E-state index in [0.717, 1.165) is 31.5 Å². The van der Waals surface area contributed by atoms with E-state index < -0.39 is 5.97 Å². The standard InChI is InChI=1S/C11H17N3O2/c1-8-6-13-14(7-8)5-4-12-10-3-2-9(10)11(15)16/h6-7,9-10,12H,2-5H2,1H3,(H,15,16). The van der Waals surface area contributed by atoms with Crippen molar-refractivity contribution in [2.24, 2.45) is 5.92 Å². The van der Waals surface area contributed by atoms with E-state index in [1.54, 1.807) is 0 Å². The van der Waals surface area contributed by atoms with E-state index in [0.29, 0.717) is 0 Å². The predicted molar refractivity (Wildman–Crippen MR) is 59.1 cm³/mol. The summed E-state index contributed by atoms with van der Waals surface area (Å²) in [5.41, 5.74) is 1.15. The molecule has 0 spiro atoms. The van der Waals surface area contributed by atoms with Gasteiger partial charge in [-0.25, -0.2) is 0 Å². The first-order valence-electron chi connectivity index (χ1n) is 5.62. The van der Waals surface area contributed by atoms with Gasteiger partial charge in [-0.2, -0.15) is 5.10 Å². The molecule has 2 unspecified atom stereocenters. The second-order valence-electron chi connectivity index (χ2n) is 4.36. The monoisotopic (exact) mass is 223 g/mol. The second-order valence-corrected chi connectivity index (χ2v) is 4.36. The molecule has 1 fully saturated rings. The number of carboxylic acids is 1. The summed E-state index contributed by atoms with van der Waals surface area (Å²) in [5, 5.41) is 16.3. The Morgan fingerprint density at radius 1 is 1.69 bits per heavy atom. The molecule has 1 saturated carbocycles. The highest BCUT2D eigenvalue weighted by molar-refractivity contribution is 5.72. The highest BCUT2D eigenvalue weighted by Gasteiger charge is 2.35. The molecule has 0 aromatic carbocycles. The van der Waals surface area contributed by atoms with Crippen LogP contribution in [0.25, 0.3) is 0 Å². The summed E-state index contributed by atoms with van der Waals surface area (Å²) in [6.07, 6.45) is 5.57. The number of carboxylic acid groups (broad SMARTS) is 1. The normalized spacial score (nSPS) is 24.1. The fourth-order valence-corrected chi connectivity index (χ4v) is 1.99. The van der Waals surface area contributed by atoms with Crippen LogP contribution in [0.1, 0.15) is 18.4 Å². The van der Waals surface area contributed by atoms with Crippen LogP contribution in [-0.4, -0.2) is 33.4 Å². The Labute approximate surface area is 94.5 Å². The lowest BCUT2D eigenvalue weighted by molar-refractivity contribution is -0.146. The molecule has 0 radical (unpaired) electrons. The van der Waals surface area contributed by atoms with Crippen molar-refractivity contribution < 1.29 is 9.90 Å². The molecule has 2 N–H and O–H groups in total. The molecule has 5 heteroatoms. The Kier molecular flexibility index (Phi) is 3.24. The summed E-state index contributed by atoms with van der Waals surface area (Å²) >= 11 is 0. The molecule has 2 atom stereocenters. The van der Waals surface area contributed by atoms with Crippen molar-refractivity contribution in [3.63, 3.8) is 0 Å². The van der Waals surface area contributed by atoms with Gasteiger partial charge < -0.3 is 10.4 Å². The van der Waals surface area contributed by atoms with Crippen LogP contribution in [0.2, 0.25) is 0 Å². The second kappa shape index (κ2) is 4.65. The summed E-state index contributed by atoms with van der Waals surface area (Å²) in [6.45, 7) is 3.57. The number of rotatable bonds is 5. The highest BCUT2D eigenvalue weighted by Crippen LogP contribution is 2.27. The van der Waals surface area contributed by atoms with E-state index in [2.05, 4.69) is 10.4 Å². The minimum absolute atomic E-state index is 0.147. The van der Waals surface area contributed by atoms with E-state index in [1.807, 2.05) is 24.0 Å². The lowest BCUT2D eigenvalue weighted by atomic mass is 9.79. The Morgan fingerprint density at radius 2 is 2.50 bits per heavy atom. The zero-order chi connectivity index (χ0) is 11.5. The van der Waals surface area contributed by atoms with Gasteiger partial charge in [0.2, 0.25) is 0 Å². The van der Waals surface area contributed by atoms with Crippen LogP contribution in [0.4, 0.5) is 0 Å². The van der Waals surface area contributed by atoms with Crippen LogP contribution in [0, 0.1) is 12.8 Å². The summed E-state index contributed by atoms with van der Waals surface area (Å²) < 4.78 is 1.87. The summed E-state index contributed by atoms with van der Waals surface area (Å²) in [5.74, 6) is -0.877. The summed E-state index contributed by atoms with van der Waals surface area (Å²) in [6, 6.07) is 0.147. The number of carbonyl (C=O) groups is 1. The van der Waals surface area contributed by atoms with Crippen molar-refractivity contribution in [2.75, 3.05) is 6.54 Å². The summed E-state index contributed by atoms with van der Waals surface area (Å²) in [7, 11) is 0. The topological polar surface area (TPSA) is 67.2 Å². The van der Waals surface area contributed by atoms with Gasteiger partial charge in [0.25, 0.3) is 0 Å². The van der Waals surface area contributed by atoms with Gasteiger partial charge in [-0.05, 0) is 25.3 Å². The number of aliphatic carboxylic acids is 1. The molecule has 1 heterocycles. The molecule has 1 aliphatic rings. The SMILES string of the molecule is Cc1cnn(CCNC2CCC2C(=O)O)c1. The molecular weight excluding hydrogens is 206 g/mol. The maximum atomic E-state index is 10.8. The van der Waals surface area contributed by atoms with E-state index in [1.165, 1.54) is 0 Å². The van der Waals surface area contributed by atoms with E-state index >= 15 is 0 Å². The van der Waals surface area contributed by atoms with Gasteiger partial charge in [0.15, 0.2) is 0 Å². The molecule has 0 bridgehead atoms. The van der Waals surface area contributed by atoms with Crippen molar-refractivity contribution in [2.45, 2.75) is 32.4 Å². The van der Waals surface area contributed by atoms with E-state index in [9.17, 15) is 4.79 Å². The fourth-order valence-electron chi connectivity index (χ4n) is 1.99. The van der Waals surface area contributed by atoms with Crippen LogP contribution < -0.4 is 5.32 Å². The number of nitrogens with zero attached hydrogens (tertiary/aromatic N) is 2. The molecule has 1 aliphatic carbocycles. The van der Waals surface area contributed by atoms with Crippen LogP contribution in [0.15, 0.2) is 12.4 Å². The number of nitrogens with one attached hydrogen (secondary N) is 1.